The summed E-state index contributed by atoms with van der Waals surface area (Å²) in [5.74, 6) is 0. The van der Waals surface area contributed by atoms with Crippen molar-refractivity contribution in [2.24, 2.45) is 0 Å². The van der Waals surface area contributed by atoms with Crippen molar-refractivity contribution < 1.29 is 0 Å². The van der Waals surface area contributed by atoms with Gasteiger partial charge in [0.15, 0.2) is 0 Å². The molecule has 1 aromatic heterocycles. The highest BCUT2D eigenvalue weighted by atomic mass is 15.0. The van der Waals surface area contributed by atoms with Crippen LogP contribution in [-0.4, -0.2) is 4.98 Å². The molecule has 1 N–H and O–H groups in total. The predicted molar refractivity (Wildman–Crippen MR) is 108 cm³/mol. The molecule has 130 valence electrons. The van der Waals surface area contributed by atoms with Gasteiger partial charge >= 0.3 is 0 Å². The number of aromatic nitrogens is 1. The van der Waals surface area contributed by atoms with Crippen LogP contribution < -0.4 is 5.32 Å². The lowest BCUT2D eigenvalue weighted by Gasteiger charge is -2.31. The first-order valence-electron chi connectivity index (χ1n) is 9.23. The Bertz CT molecular complexity index is 913. The molecule has 0 aliphatic carbocycles. The maximum Gasteiger partial charge on any atom is 0.0735 e. The van der Waals surface area contributed by atoms with E-state index in [1.165, 1.54) is 22.3 Å². The highest BCUT2D eigenvalue weighted by Crippen LogP contribution is 2.33. The van der Waals surface area contributed by atoms with Crippen LogP contribution in [0.15, 0.2) is 84.4 Å². The molecule has 0 unspecified atom stereocenters. The first kappa shape index (κ1) is 16.7. The lowest BCUT2D eigenvalue weighted by molar-refractivity contribution is 0.450. The molecule has 0 radical (unpaired) electrons. The molecule has 2 atom stereocenters. The second kappa shape index (κ2) is 7.27. The second-order valence-electron chi connectivity index (χ2n) is 7.01. The van der Waals surface area contributed by atoms with E-state index in [0.29, 0.717) is 0 Å². The first-order chi connectivity index (χ1) is 12.7. The third kappa shape index (κ3) is 3.33. The topological polar surface area (TPSA) is 24.9 Å². The average molecular weight is 340 g/mol. The van der Waals surface area contributed by atoms with E-state index in [1.54, 1.807) is 0 Å². The lowest BCUT2D eigenvalue weighted by Crippen LogP contribution is -2.31. The fourth-order valence-corrected chi connectivity index (χ4v) is 3.66. The van der Waals surface area contributed by atoms with Gasteiger partial charge in [0.2, 0.25) is 0 Å². The minimum atomic E-state index is 0.229. The number of nitrogens with zero attached hydrogens (tertiary/aromatic N) is 1. The van der Waals surface area contributed by atoms with Crippen molar-refractivity contribution >= 4 is 0 Å². The third-order valence-electron chi connectivity index (χ3n) is 5.15. The van der Waals surface area contributed by atoms with Gasteiger partial charge in [-0.05, 0) is 37.5 Å². The van der Waals surface area contributed by atoms with Crippen molar-refractivity contribution in [2.75, 3.05) is 0 Å². The molecule has 3 aromatic rings. The van der Waals surface area contributed by atoms with Crippen molar-refractivity contribution in [1.82, 2.24) is 10.3 Å². The molecule has 0 amide bonds. The number of hydrogen-bond donors (Lipinski definition) is 1. The SMILES string of the molecule is CC1=CC[C@@H](c2ccc(C)c(-c3ccccc3)n2)N[C@@H]1c1ccccc1. The molecular formula is C24H24N2. The van der Waals surface area contributed by atoms with E-state index < -0.39 is 0 Å². The summed E-state index contributed by atoms with van der Waals surface area (Å²) in [5.41, 5.74) is 7.26. The Morgan fingerprint density at radius 1 is 0.846 bits per heavy atom. The Hall–Kier alpha value is -2.71. The van der Waals surface area contributed by atoms with Gasteiger partial charge in [0.05, 0.1) is 23.5 Å². The smallest absolute Gasteiger partial charge is 0.0735 e. The average Bonchev–Trinajstić information content (AvgIpc) is 2.70. The fraction of sp³-hybridized carbons (Fsp3) is 0.208. The quantitative estimate of drug-likeness (QED) is 0.611. The maximum atomic E-state index is 5.03. The van der Waals surface area contributed by atoms with Crippen molar-refractivity contribution in [3.8, 4) is 11.3 Å². The van der Waals surface area contributed by atoms with E-state index >= 15 is 0 Å². The van der Waals surface area contributed by atoms with Crippen LogP contribution in [-0.2, 0) is 0 Å². The van der Waals surface area contributed by atoms with Gasteiger partial charge in [0, 0.05) is 5.56 Å². The number of benzene rings is 2. The molecule has 1 aliphatic heterocycles. The van der Waals surface area contributed by atoms with Gasteiger partial charge in [-0.1, -0.05) is 78.4 Å². The minimum Gasteiger partial charge on any atom is -0.298 e. The number of nitrogens with one attached hydrogen (secondary N) is 1. The number of hydrogen-bond acceptors (Lipinski definition) is 2. The largest absolute Gasteiger partial charge is 0.298 e. The van der Waals surface area contributed by atoms with Gasteiger partial charge in [-0.2, -0.15) is 0 Å². The van der Waals surface area contributed by atoms with Gasteiger partial charge in [-0.15, -0.1) is 0 Å². The van der Waals surface area contributed by atoms with Gasteiger partial charge in [-0.25, -0.2) is 0 Å². The zero-order valence-electron chi connectivity index (χ0n) is 15.3. The lowest BCUT2D eigenvalue weighted by atomic mass is 9.91. The molecule has 0 bridgehead atoms. The molecule has 0 fully saturated rings. The minimum absolute atomic E-state index is 0.229. The van der Waals surface area contributed by atoms with Crippen molar-refractivity contribution in [1.29, 1.82) is 0 Å². The van der Waals surface area contributed by atoms with E-state index in [4.69, 9.17) is 4.98 Å². The van der Waals surface area contributed by atoms with Gasteiger partial charge in [0.1, 0.15) is 0 Å². The first-order valence-corrected chi connectivity index (χ1v) is 9.23. The summed E-state index contributed by atoms with van der Waals surface area (Å²) >= 11 is 0. The molecule has 2 heteroatoms. The highest BCUT2D eigenvalue weighted by molar-refractivity contribution is 5.62. The van der Waals surface area contributed by atoms with Crippen LogP contribution in [0.25, 0.3) is 11.3 Å². The fourth-order valence-electron chi connectivity index (χ4n) is 3.66. The van der Waals surface area contributed by atoms with E-state index in [-0.39, 0.29) is 12.1 Å². The van der Waals surface area contributed by atoms with E-state index in [1.807, 2.05) is 6.07 Å². The molecule has 2 heterocycles. The summed E-state index contributed by atoms with van der Waals surface area (Å²) in [6.45, 7) is 4.34. The number of pyridine rings is 1. The normalized spacial score (nSPS) is 19.8. The molecule has 0 spiro atoms. The van der Waals surface area contributed by atoms with Crippen molar-refractivity contribution in [3.63, 3.8) is 0 Å². The van der Waals surface area contributed by atoms with Crippen LogP contribution in [0.2, 0.25) is 0 Å². The molecular weight excluding hydrogens is 316 g/mol. The molecule has 2 aromatic carbocycles. The molecule has 26 heavy (non-hydrogen) atoms. The van der Waals surface area contributed by atoms with Crippen LogP contribution in [0.4, 0.5) is 0 Å². The van der Waals surface area contributed by atoms with Crippen LogP contribution >= 0.6 is 0 Å². The molecule has 0 saturated heterocycles. The van der Waals surface area contributed by atoms with Crippen LogP contribution in [0.1, 0.15) is 42.2 Å². The second-order valence-corrected chi connectivity index (χ2v) is 7.01. The summed E-state index contributed by atoms with van der Waals surface area (Å²) < 4.78 is 0. The Kier molecular flexibility index (Phi) is 4.68. The summed E-state index contributed by atoms with van der Waals surface area (Å²) in [6.07, 6.45) is 3.32. The van der Waals surface area contributed by atoms with E-state index in [2.05, 4.69) is 92.0 Å². The van der Waals surface area contributed by atoms with Gasteiger partial charge in [-0.3, -0.25) is 10.3 Å². The Balaban J connectivity index is 1.66. The molecule has 4 rings (SSSR count). The van der Waals surface area contributed by atoms with E-state index in [0.717, 1.165) is 17.8 Å². The number of rotatable bonds is 3. The third-order valence-corrected chi connectivity index (χ3v) is 5.15. The van der Waals surface area contributed by atoms with Crippen molar-refractivity contribution in [2.45, 2.75) is 32.4 Å². The Morgan fingerprint density at radius 3 is 2.27 bits per heavy atom. The highest BCUT2D eigenvalue weighted by Gasteiger charge is 2.24. The predicted octanol–water partition coefficient (Wildman–Crippen LogP) is 5.78. The Labute approximate surface area is 155 Å². The zero-order chi connectivity index (χ0) is 17.9. The van der Waals surface area contributed by atoms with Gasteiger partial charge < -0.3 is 0 Å². The van der Waals surface area contributed by atoms with Crippen LogP contribution in [0, 0.1) is 6.92 Å². The maximum absolute atomic E-state index is 5.03. The molecule has 2 nitrogen and oxygen atoms in total. The van der Waals surface area contributed by atoms with Crippen molar-refractivity contribution in [3.05, 3.63) is 101 Å². The molecule has 1 aliphatic rings. The monoisotopic (exact) mass is 340 g/mol. The van der Waals surface area contributed by atoms with E-state index in [9.17, 15) is 0 Å². The summed E-state index contributed by atoms with van der Waals surface area (Å²) in [5, 5.41) is 3.80. The summed E-state index contributed by atoms with van der Waals surface area (Å²) in [4.78, 5) is 5.03. The zero-order valence-corrected chi connectivity index (χ0v) is 15.3. The standard InChI is InChI=1S/C24H24N2/c1-17-13-15-21(25-23(17)19-9-5-3-6-10-19)22-16-14-18(2)24(26-22)20-11-7-4-8-12-20/h3-15,22,24,26H,16H2,1-2H3/t22-,24-/m0/s1. The van der Waals surface area contributed by atoms with Crippen LogP contribution in [0.3, 0.4) is 0 Å². The molecule has 0 saturated carbocycles. The number of aryl methyl sites for hydroxylation is 1. The van der Waals surface area contributed by atoms with Crippen LogP contribution in [0.5, 0.6) is 0 Å². The summed E-state index contributed by atoms with van der Waals surface area (Å²) in [7, 11) is 0. The van der Waals surface area contributed by atoms with Gasteiger partial charge in [0.25, 0.3) is 0 Å². The summed E-state index contributed by atoms with van der Waals surface area (Å²) in [6, 6.07) is 25.9. The Morgan fingerprint density at radius 2 is 1.54 bits per heavy atom.